The molecule has 0 spiro atoms. The number of hydrogen-bond acceptors (Lipinski definition) is 6. The van der Waals surface area contributed by atoms with Gasteiger partial charge in [0, 0.05) is 11.5 Å². The molecule has 30 heavy (non-hydrogen) atoms. The van der Waals surface area contributed by atoms with Crippen LogP contribution in [0.5, 0.6) is 6.01 Å². The third-order valence-corrected chi connectivity index (χ3v) is 5.87. The van der Waals surface area contributed by atoms with Crippen LogP contribution in [-0.4, -0.2) is 38.4 Å². The zero-order valence-electron chi connectivity index (χ0n) is 16.7. The molecule has 1 heterocycles. The first kappa shape index (κ1) is 18.8. The lowest BCUT2D eigenvalue weighted by molar-refractivity contribution is 0.195. The molecule has 6 nitrogen and oxygen atoms in total. The lowest BCUT2D eigenvalue weighted by Crippen LogP contribution is -2.21. The van der Waals surface area contributed by atoms with E-state index in [1.54, 1.807) is 6.08 Å². The summed E-state index contributed by atoms with van der Waals surface area (Å²) in [5.74, 6) is 0.870. The Bertz CT molecular complexity index is 1100. The summed E-state index contributed by atoms with van der Waals surface area (Å²) in [6, 6.07) is 0.204. The van der Waals surface area contributed by atoms with Gasteiger partial charge in [-0.2, -0.15) is 9.97 Å². The Morgan fingerprint density at radius 2 is 1.97 bits per heavy atom. The van der Waals surface area contributed by atoms with Gasteiger partial charge in [-0.05, 0) is 54.2 Å². The minimum absolute atomic E-state index is 0.0280. The summed E-state index contributed by atoms with van der Waals surface area (Å²) in [4.78, 5) is 13.4. The normalized spacial score (nSPS) is 27.1. The molecule has 1 aromatic heterocycles. The van der Waals surface area contributed by atoms with Gasteiger partial charge in [0.25, 0.3) is 0 Å². The second-order valence-electron chi connectivity index (χ2n) is 7.85. The first-order valence-corrected chi connectivity index (χ1v) is 10.2. The van der Waals surface area contributed by atoms with Gasteiger partial charge in [0.15, 0.2) is 5.82 Å². The number of hydrogen-bond donors (Lipinski definition) is 2. The van der Waals surface area contributed by atoms with Gasteiger partial charge in [-0.3, -0.25) is 0 Å². The van der Waals surface area contributed by atoms with Gasteiger partial charge in [-0.25, -0.2) is 4.98 Å². The van der Waals surface area contributed by atoms with Crippen LogP contribution in [0.3, 0.4) is 0 Å². The number of aliphatic hydroxyl groups is 2. The summed E-state index contributed by atoms with van der Waals surface area (Å²) in [6.07, 6.45) is 20.2. The van der Waals surface area contributed by atoms with Crippen molar-refractivity contribution in [2.24, 2.45) is 5.92 Å². The van der Waals surface area contributed by atoms with Crippen LogP contribution in [0, 0.1) is 5.92 Å². The molecule has 1 aromatic rings. The minimum atomic E-state index is -0.914. The molecule has 0 saturated carbocycles. The Balaban J connectivity index is 1.50. The molecule has 5 rings (SSSR count). The number of rotatable bonds is 3. The molecule has 0 aromatic carbocycles. The van der Waals surface area contributed by atoms with E-state index in [0.29, 0.717) is 17.6 Å². The van der Waals surface area contributed by atoms with Crippen LogP contribution in [0.1, 0.15) is 36.8 Å². The molecule has 152 valence electrons. The molecule has 0 saturated heterocycles. The molecular formula is C24H23N3O3. The quantitative estimate of drug-likeness (QED) is 0.799. The van der Waals surface area contributed by atoms with Crippen LogP contribution in [-0.2, 0) is 0 Å². The van der Waals surface area contributed by atoms with Gasteiger partial charge in [0.1, 0.15) is 11.6 Å². The van der Waals surface area contributed by atoms with Crippen LogP contribution in [0.15, 0.2) is 77.2 Å². The predicted molar refractivity (Wildman–Crippen MR) is 114 cm³/mol. The summed E-state index contributed by atoms with van der Waals surface area (Å²) in [5.41, 5.74) is 4.91. The van der Waals surface area contributed by atoms with Crippen molar-refractivity contribution in [2.45, 2.75) is 31.3 Å². The summed E-state index contributed by atoms with van der Waals surface area (Å²) in [6.45, 7) is 0. The number of allylic oxidation sites excluding steroid dienone is 11. The highest BCUT2D eigenvalue weighted by molar-refractivity contribution is 5.74. The lowest BCUT2D eigenvalue weighted by atomic mass is 9.78. The topological polar surface area (TPSA) is 88.4 Å². The molecule has 4 aliphatic carbocycles. The first-order chi connectivity index (χ1) is 14.6. The summed E-state index contributed by atoms with van der Waals surface area (Å²) in [5, 5.41) is 19.9. The van der Waals surface area contributed by atoms with E-state index < -0.39 is 12.0 Å². The van der Waals surface area contributed by atoms with Crippen molar-refractivity contribution in [1.29, 1.82) is 0 Å². The third kappa shape index (κ3) is 3.44. The Hall–Kier alpha value is -3.25. The average molecular weight is 401 g/mol. The second kappa shape index (κ2) is 7.54. The zero-order chi connectivity index (χ0) is 20.7. The number of fused-ring (bicyclic) bond motifs is 2. The first-order valence-electron chi connectivity index (χ1n) is 10.2. The van der Waals surface area contributed by atoms with Crippen molar-refractivity contribution in [3.63, 3.8) is 0 Å². The van der Waals surface area contributed by atoms with Crippen molar-refractivity contribution in [2.75, 3.05) is 7.11 Å². The molecule has 4 aliphatic rings. The molecule has 0 bridgehead atoms. The maximum absolute atomic E-state index is 10.3. The average Bonchev–Trinajstić information content (AvgIpc) is 2.77. The van der Waals surface area contributed by atoms with Gasteiger partial charge in [0.05, 0.1) is 19.1 Å². The Kier molecular flexibility index (Phi) is 4.71. The van der Waals surface area contributed by atoms with Crippen molar-refractivity contribution < 1.29 is 14.9 Å². The summed E-state index contributed by atoms with van der Waals surface area (Å²) in [7, 11) is 1.51. The number of aliphatic hydroxyl groups excluding tert-OH is 2. The van der Waals surface area contributed by atoms with E-state index in [4.69, 9.17) is 4.74 Å². The Morgan fingerprint density at radius 3 is 2.80 bits per heavy atom. The van der Waals surface area contributed by atoms with E-state index >= 15 is 0 Å². The fraction of sp³-hybridized carbons (Fsp3) is 0.292. The van der Waals surface area contributed by atoms with Crippen molar-refractivity contribution >= 4 is 5.57 Å². The van der Waals surface area contributed by atoms with Gasteiger partial charge < -0.3 is 14.9 Å². The largest absolute Gasteiger partial charge is 0.508 e. The standard InChI is InChI=1S/C24H23N3O3/c1-30-24-26-22(25-23(27-24)20-9-8-19(28)13-21(20)29)17-7-6-16-10-14-4-2-3-5-15(14)11-18(16)12-17/h3,5,7-13,16,20-21,28-29H,2,4,6H2,1H3. The van der Waals surface area contributed by atoms with Crippen LogP contribution in [0.25, 0.3) is 5.57 Å². The molecule has 6 heteroatoms. The SMILES string of the molecule is COc1nc(C2=CCC3C=C4CCC=CC4=CC3=C2)nc(C2C=CC(O)=CC2O)n1. The molecule has 3 unspecified atom stereocenters. The van der Waals surface area contributed by atoms with E-state index in [-0.39, 0.29) is 11.8 Å². The van der Waals surface area contributed by atoms with Crippen molar-refractivity contribution in [3.8, 4) is 6.01 Å². The fourth-order valence-corrected chi connectivity index (χ4v) is 4.28. The zero-order valence-corrected chi connectivity index (χ0v) is 16.7. The van der Waals surface area contributed by atoms with Gasteiger partial charge >= 0.3 is 6.01 Å². The smallest absolute Gasteiger partial charge is 0.319 e. The van der Waals surface area contributed by atoms with Crippen LogP contribution < -0.4 is 4.74 Å². The predicted octanol–water partition coefficient (Wildman–Crippen LogP) is 3.88. The van der Waals surface area contributed by atoms with Gasteiger partial charge in [0.2, 0.25) is 0 Å². The summed E-state index contributed by atoms with van der Waals surface area (Å²) < 4.78 is 5.30. The van der Waals surface area contributed by atoms with E-state index in [1.807, 2.05) is 0 Å². The van der Waals surface area contributed by atoms with Crippen molar-refractivity contribution in [3.05, 3.63) is 88.8 Å². The molecule has 3 atom stereocenters. The third-order valence-electron chi connectivity index (χ3n) is 5.87. The van der Waals surface area contributed by atoms with Crippen molar-refractivity contribution in [1.82, 2.24) is 15.0 Å². The molecule has 0 fully saturated rings. The van der Waals surface area contributed by atoms with E-state index in [2.05, 4.69) is 51.4 Å². The number of aromatic nitrogens is 3. The highest BCUT2D eigenvalue weighted by Gasteiger charge is 2.27. The Morgan fingerprint density at radius 1 is 1.07 bits per heavy atom. The second-order valence-corrected chi connectivity index (χ2v) is 7.85. The number of nitrogens with zero attached hydrogens (tertiary/aromatic N) is 3. The monoisotopic (exact) mass is 401 g/mol. The van der Waals surface area contributed by atoms with E-state index in [9.17, 15) is 10.2 Å². The van der Waals surface area contributed by atoms with Crippen LogP contribution >= 0.6 is 0 Å². The molecule has 2 N–H and O–H groups in total. The minimum Gasteiger partial charge on any atom is -0.508 e. The highest BCUT2D eigenvalue weighted by Crippen LogP contribution is 2.39. The van der Waals surface area contributed by atoms with Crippen LogP contribution in [0.2, 0.25) is 0 Å². The molecule has 0 radical (unpaired) electrons. The summed E-state index contributed by atoms with van der Waals surface area (Å²) >= 11 is 0. The van der Waals surface area contributed by atoms with E-state index in [1.165, 1.54) is 36.0 Å². The maximum Gasteiger partial charge on any atom is 0.319 e. The highest BCUT2D eigenvalue weighted by atomic mass is 16.5. The number of methoxy groups -OCH3 is 1. The van der Waals surface area contributed by atoms with Gasteiger partial charge in [-0.15, -0.1) is 0 Å². The Labute approximate surface area is 175 Å². The molecule has 0 amide bonds. The molecular weight excluding hydrogens is 378 g/mol. The van der Waals surface area contributed by atoms with Gasteiger partial charge in [-0.1, -0.05) is 36.5 Å². The van der Waals surface area contributed by atoms with Crippen LogP contribution in [0.4, 0.5) is 0 Å². The number of ether oxygens (including phenoxy) is 1. The molecule has 0 aliphatic heterocycles. The van der Waals surface area contributed by atoms with E-state index in [0.717, 1.165) is 24.8 Å². The fourth-order valence-electron chi connectivity index (χ4n) is 4.28. The lowest BCUT2D eigenvalue weighted by Gasteiger charge is -2.27. The maximum atomic E-state index is 10.3.